The van der Waals surface area contributed by atoms with Crippen LogP contribution in [0.5, 0.6) is 0 Å². The summed E-state index contributed by atoms with van der Waals surface area (Å²) in [5, 5.41) is 3.11. The van der Waals surface area contributed by atoms with E-state index in [4.69, 9.17) is 0 Å². The topological polar surface area (TPSA) is 58.1 Å². The molecule has 2 heterocycles. The number of aryl methyl sites for hydroxylation is 3. The van der Waals surface area contributed by atoms with Gasteiger partial charge in [-0.25, -0.2) is 9.97 Å². The average molecular weight is 350 g/mol. The minimum absolute atomic E-state index is 0.0305. The smallest absolute Gasteiger partial charge is 0.244 e. The van der Waals surface area contributed by atoms with E-state index in [2.05, 4.69) is 53.1 Å². The van der Waals surface area contributed by atoms with Crippen molar-refractivity contribution in [2.45, 2.75) is 39.7 Å². The largest absolute Gasteiger partial charge is 0.350 e. The van der Waals surface area contributed by atoms with Crippen molar-refractivity contribution in [1.82, 2.24) is 15.3 Å². The zero-order valence-electron chi connectivity index (χ0n) is 15.7. The van der Waals surface area contributed by atoms with Gasteiger partial charge in [-0.3, -0.25) is 4.79 Å². The number of rotatable bonds is 4. The Hall–Kier alpha value is -2.69. The van der Waals surface area contributed by atoms with Crippen molar-refractivity contribution in [3.8, 4) is 0 Å². The Kier molecular flexibility index (Phi) is 5.66. The number of carbonyl (C=O) groups excluding carboxylic acids is 1. The van der Waals surface area contributed by atoms with Crippen LogP contribution in [0.1, 0.15) is 35.1 Å². The maximum Gasteiger partial charge on any atom is 0.244 e. The van der Waals surface area contributed by atoms with Gasteiger partial charge in [-0.1, -0.05) is 12.1 Å². The molecule has 0 bridgehead atoms. The van der Waals surface area contributed by atoms with E-state index in [1.165, 1.54) is 16.7 Å². The Bertz CT molecular complexity index is 793. The normalized spacial score (nSPS) is 15.4. The number of carbonyl (C=O) groups is 1. The number of piperidine rings is 1. The van der Waals surface area contributed by atoms with E-state index in [-0.39, 0.29) is 11.9 Å². The van der Waals surface area contributed by atoms with Crippen LogP contribution in [0.2, 0.25) is 0 Å². The van der Waals surface area contributed by atoms with Crippen molar-refractivity contribution in [1.29, 1.82) is 0 Å². The molecule has 0 aliphatic carbocycles. The van der Waals surface area contributed by atoms with Crippen molar-refractivity contribution in [3.63, 3.8) is 0 Å². The quantitative estimate of drug-likeness (QED) is 0.861. The monoisotopic (exact) mass is 350 g/mol. The lowest BCUT2D eigenvalue weighted by Gasteiger charge is -2.32. The first-order valence-corrected chi connectivity index (χ1v) is 9.11. The number of nitrogens with zero attached hydrogens (tertiary/aromatic N) is 3. The highest BCUT2D eigenvalue weighted by Gasteiger charge is 2.21. The van der Waals surface area contributed by atoms with Crippen LogP contribution >= 0.6 is 0 Å². The van der Waals surface area contributed by atoms with Crippen LogP contribution in [0.25, 0.3) is 6.08 Å². The molecule has 0 atom stereocenters. The van der Waals surface area contributed by atoms with E-state index in [9.17, 15) is 4.79 Å². The lowest BCUT2D eigenvalue weighted by molar-refractivity contribution is -0.117. The molecule has 2 aromatic rings. The minimum Gasteiger partial charge on any atom is -0.350 e. The summed E-state index contributed by atoms with van der Waals surface area (Å²) in [6.45, 7) is 7.99. The van der Waals surface area contributed by atoms with Gasteiger partial charge in [0, 0.05) is 37.6 Å². The molecule has 1 amide bonds. The predicted octanol–water partition coefficient (Wildman–Crippen LogP) is 3.20. The molecule has 1 N–H and O–H groups in total. The van der Waals surface area contributed by atoms with Crippen LogP contribution < -0.4 is 10.2 Å². The Morgan fingerprint density at radius 3 is 2.42 bits per heavy atom. The fraction of sp³-hybridized carbons (Fsp3) is 0.381. The van der Waals surface area contributed by atoms with E-state index < -0.39 is 0 Å². The van der Waals surface area contributed by atoms with Gasteiger partial charge in [0.25, 0.3) is 0 Å². The van der Waals surface area contributed by atoms with Gasteiger partial charge in [-0.2, -0.15) is 0 Å². The minimum atomic E-state index is -0.0305. The van der Waals surface area contributed by atoms with E-state index in [0.717, 1.165) is 37.4 Å². The zero-order valence-corrected chi connectivity index (χ0v) is 15.7. The number of amides is 1. The van der Waals surface area contributed by atoms with Crippen molar-refractivity contribution in [2.75, 3.05) is 18.0 Å². The molecule has 136 valence electrons. The molecule has 0 unspecified atom stereocenters. The van der Waals surface area contributed by atoms with Crippen LogP contribution in [0.4, 0.5) is 5.95 Å². The van der Waals surface area contributed by atoms with E-state index in [1.807, 2.05) is 12.1 Å². The summed E-state index contributed by atoms with van der Waals surface area (Å²) in [7, 11) is 0. The van der Waals surface area contributed by atoms with Crippen LogP contribution in [-0.4, -0.2) is 35.0 Å². The third-order valence-corrected chi connectivity index (χ3v) is 4.97. The summed E-state index contributed by atoms with van der Waals surface area (Å²) in [5.41, 5.74) is 4.80. The number of anilines is 1. The molecule has 3 rings (SSSR count). The Morgan fingerprint density at radius 2 is 1.73 bits per heavy atom. The second kappa shape index (κ2) is 8.13. The van der Waals surface area contributed by atoms with E-state index >= 15 is 0 Å². The maximum absolute atomic E-state index is 12.3. The summed E-state index contributed by atoms with van der Waals surface area (Å²) >= 11 is 0. The Morgan fingerprint density at radius 1 is 1.08 bits per heavy atom. The second-order valence-electron chi connectivity index (χ2n) is 6.95. The summed E-state index contributed by atoms with van der Waals surface area (Å²) < 4.78 is 0. The molecule has 1 aliphatic rings. The molecule has 26 heavy (non-hydrogen) atoms. The average Bonchev–Trinajstić information content (AvgIpc) is 2.65. The van der Waals surface area contributed by atoms with Crippen LogP contribution in [0.15, 0.2) is 36.7 Å². The van der Waals surface area contributed by atoms with Gasteiger partial charge in [-0.05, 0) is 68.0 Å². The Balaban J connectivity index is 1.52. The molecular formula is C21H26N4O. The van der Waals surface area contributed by atoms with Crippen LogP contribution in [-0.2, 0) is 4.79 Å². The third-order valence-electron chi connectivity index (χ3n) is 4.97. The van der Waals surface area contributed by atoms with Crippen molar-refractivity contribution in [3.05, 3.63) is 58.9 Å². The van der Waals surface area contributed by atoms with Gasteiger partial charge in [0.15, 0.2) is 0 Å². The first-order chi connectivity index (χ1) is 12.5. The van der Waals surface area contributed by atoms with Crippen LogP contribution in [0.3, 0.4) is 0 Å². The molecule has 1 aromatic heterocycles. The van der Waals surface area contributed by atoms with Gasteiger partial charge in [0.05, 0.1) is 0 Å². The fourth-order valence-electron chi connectivity index (χ4n) is 3.26. The van der Waals surface area contributed by atoms with Gasteiger partial charge in [-0.15, -0.1) is 0 Å². The highest BCUT2D eigenvalue weighted by molar-refractivity contribution is 5.92. The second-order valence-corrected chi connectivity index (χ2v) is 6.95. The van der Waals surface area contributed by atoms with E-state index in [0.29, 0.717) is 0 Å². The highest BCUT2D eigenvalue weighted by Crippen LogP contribution is 2.17. The number of hydrogen-bond acceptors (Lipinski definition) is 4. The molecule has 1 fully saturated rings. The predicted molar refractivity (Wildman–Crippen MR) is 105 cm³/mol. The number of benzene rings is 1. The summed E-state index contributed by atoms with van der Waals surface area (Å²) in [6.07, 6.45) is 8.88. The van der Waals surface area contributed by atoms with Gasteiger partial charge in [0.2, 0.25) is 11.9 Å². The molecule has 0 radical (unpaired) electrons. The molecular weight excluding hydrogens is 324 g/mol. The van der Waals surface area contributed by atoms with Gasteiger partial charge in [0.1, 0.15) is 0 Å². The van der Waals surface area contributed by atoms with Crippen molar-refractivity contribution < 1.29 is 4.79 Å². The maximum atomic E-state index is 12.3. The summed E-state index contributed by atoms with van der Waals surface area (Å²) in [6, 6.07) is 6.31. The first-order valence-electron chi connectivity index (χ1n) is 9.11. The number of hydrogen-bond donors (Lipinski definition) is 1. The fourth-order valence-corrected chi connectivity index (χ4v) is 3.26. The lowest BCUT2D eigenvalue weighted by Crippen LogP contribution is -2.44. The molecule has 0 spiro atoms. The molecule has 0 saturated carbocycles. The van der Waals surface area contributed by atoms with E-state index in [1.54, 1.807) is 18.5 Å². The third kappa shape index (κ3) is 4.48. The number of aromatic nitrogens is 2. The Labute approximate surface area is 155 Å². The van der Waals surface area contributed by atoms with Crippen molar-refractivity contribution in [2.24, 2.45) is 0 Å². The molecule has 5 nitrogen and oxygen atoms in total. The summed E-state index contributed by atoms with van der Waals surface area (Å²) in [4.78, 5) is 23.0. The SMILES string of the molecule is Cc1cc(C)c(/C=C/C(=O)NC2CCN(c3ncccn3)CC2)cc1C. The lowest BCUT2D eigenvalue weighted by atomic mass is 10.0. The molecule has 1 aliphatic heterocycles. The zero-order chi connectivity index (χ0) is 18.5. The van der Waals surface area contributed by atoms with Crippen LogP contribution in [0, 0.1) is 20.8 Å². The standard InChI is InChI=1S/C21H26N4O/c1-15-13-17(3)18(14-16(15)2)5-6-20(26)24-19-7-11-25(12-8-19)21-22-9-4-10-23-21/h4-6,9-10,13-14,19H,7-8,11-12H2,1-3H3,(H,24,26)/b6-5+. The van der Waals surface area contributed by atoms with Gasteiger partial charge < -0.3 is 10.2 Å². The molecule has 1 saturated heterocycles. The van der Waals surface area contributed by atoms with Gasteiger partial charge >= 0.3 is 0 Å². The molecule has 1 aromatic carbocycles. The molecule has 5 heteroatoms. The van der Waals surface area contributed by atoms with Crippen molar-refractivity contribution >= 4 is 17.9 Å². The summed E-state index contributed by atoms with van der Waals surface area (Å²) in [5.74, 6) is 0.736. The highest BCUT2D eigenvalue weighted by atomic mass is 16.1. The first kappa shape index (κ1) is 18.1. The number of nitrogens with one attached hydrogen (secondary N) is 1.